The van der Waals surface area contributed by atoms with Crippen LogP contribution < -0.4 is 0 Å². The molecule has 0 saturated carbocycles. The largest absolute Gasteiger partial charge is 0.469 e. The molecule has 1 aromatic carbocycles. The summed E-state index contributed by atoms with van der Waals surface area (Å²) < 4.78 is 18.8. The van der Waals surface area contributed by atoms with Gasteiger partial charge in [-0.15, -0.1) is 0 Å². The van der Waals surface area contributed by atoms with Gasteiger partial charge in [-0.1, -0.05) is 12.1 Å². The predicted octanol–water partition coefficient (Wildman–Crippen LogP) is 2.97. The number of hydrogen-bond donors (Lipinski definition) is 0. The van der Waals surface area contributed by atoms with E-state index in [2.05, 4.69) is 20.8 Å². The van der Waals surface area contributed by atoms with Crippen LogP contribution in [0.25, 0.3) is 0 Å². The lowest BCUT2D eigenvalue weighted by molar-refractivity contribution is -0.147. The van der Waals surface area contributed by atoms with Crippen LogP contribution in [0.4, 0.5) is 4.39 Å². The summed E-state index contributed by atoms with van der Waals surface area (Å²) in [7, 11) is 1.42. The van der Waals surface area contributed by atoms with E-state index in [1.165, 1.54) is 13.2 Å². The normalized spacial score (nSPS) is 20.3. The molecule has 1 unspecified atom stereocenters. The maximum Gasteiger partial charge on any atom is 0.309 e. The van der Waals surface area contributed by atoms with Crippen LogP contribution in [0.15, 0.2) is 22.7 Å². The number of hydrogen-bond acceptors (Lipinski definition) is 3. The van der Waals surface area contributed by atoms with Crippen LogP contribution >= 0.6 is 15.9 Å². The summed E-state index contributed by atoms with van der Waals surface area (Å²) in [6.07, 6.45) is 1.83. The van der Waals surface area contributed by atoms with Gasteiger partial charge in [0.1, 0.15) is 5.82 Å². The lowest BCUT2D eigenvalue weighted by Gasteiger charge is -2.31. The van der Waals surface area contributed by atoms with Crippen molar-refractivity contribution in [3.63, 3.8) is 0 Å². The topological polar surface area (TPSA) is 29.5 Å². The molecule has 0 aliphatic carbocycles. The van der Waals surface area contributed by atoms with Gasteiger partial charge in [-0.3, -0.25) is 9.69 Å². The Morgan fingerprint density at radius 3 is 3.11 bits per heavy atom. The average Bonchev–Trinajstić information content (AvgIpc) is 2.43. The Morgan fingerprint density at radius 1 is 1.58 bits per heavy atom. The molecule has 0 radical (unpaired) electrons. The molecule has 1 aliphatic rings. The minimum Gasteiger partial charge on any atom is -0.469 e. The van der Waals surface area contributed by atoms with Gasteiger partial charge < -0.3 is 4.74 Å². The number of nitrogens with zero attached hydrogens (tertiary/aromatic N) is 1. The molecule has 3 nitrogen and oxygen atoms in total. The molecule has 104 valence electrons. The zero-order valence-electron chi connectivity index (χ0n) is 10.9. The lowest BCUT2D eigenvalue weighted by atomic mass is 9.98. The second kappa shape index (κ2) is 6.48. The van der Waals surface area contributed by atoms with E-state index < -0.39 is 0 Å². The van der Waals surface area contributed by atoms with Crippen molar-refractivity contribution in [1.29, 1.82) is 0 Å². The quantitative estimate of drug-likeness (QED) is 0.798. The summed E-state index contributed by atoms with van der Waals surface area (Å²) in [5, 5.41) is 0. The summed E-state index contributed by atoms with van der Waals surface area (Å²) in [6, 6.07) is 5.03. The van der Waals surface area contributed by atoms with E-state index in [0.29, 0.717) is 17.6 Å². The zero-order chi connectivity index (χ0) is 13.8. The van der Waals surface area contributed by atoms with E-state index in [4.69, 9.17) is 4.74 Å². The molecule has 2 rings (SSSR count). The number of likely N-dealkylation sites (tertiary alicyclic amines) is 1. The number of halogens is 2. The second-order valence-electron chi connectivity index (χ2n) is 4.81. The molecule has 0 amide bonds. The fourth-order valence-electron chi connectivity index (χ4n) is 2.47. The Morgan fingerprint density at radius 2 is 2.37 bits per heavy atom. The fraction of sp³-hybridized carbons (Fsp3) is 0.500. The Hall–Kier alpha value is -0.940. The molecular weight excluding hydrogens is 313 g/mol. The van der Waals surface area contributed by atoms with E-state index in [0.717, 1.165) is 24.9 Å². The predicted molar refractivity (Wildman–Crippen MR) is 74.1 cm³/mol. The van der Waals surface area contributed by atoms with Gasteiger partial charge in [0, 0.05) is 13.1 Å². The Kier molecular flexibility index (Phi) is 4.93. The highest BCUT2D eigenvalue weighted by Gasteiger charge is 2.26. The van der Waals surface area contributed by atoms with Crippen molar-refractivity contribution >= 4 is 21.9 Å². The van der Waals surface area contributed by atoms with Crippen LogP contribution in [0.1, 0.15) is 18.4 Å². The third-order valence-electron chi connectivity index (χ3n) is 3.47. The zero-order valence-corrected chi connectivity index (χ0v) is 12.5. The summed E-state index contributed by atoms with van der Waals surface area (Å²) in [6.45, 7) is 2.25. The Bertz CT molecular complexity index is 467. The number of piperidine rings is 1. The second-order valence-corrected chi connectivity index (χ2v) is 5.60. The number of esters is 1. The minimum absolute atomic E-state index is 0.0638. The average molecular weight is 330 g/mol. The van der Waals surface area contributed by atoms with Gasteiger partial charge in [0.2, 0.25) is 0 Å². The van der Waals surface area contributed by atoms with Gasteiger partial charge in [0.05, 0.1) is 17.5 Å². The third-order valence-corrected chi connectivity index (χ3v) is 4.35. The van der Waals surface area contributed by atoms with Crippen LogP contribution in [0.5, 0.6) is 0 Å². The molecule has 1 heterocycles. The maximum atomic E-state index is 13.5. The van der Waals surface area contributed by atoms with E-state index in [1.54, 1.807) is 6.07 Å². The first kappa shape index (κ1) is 14.5. The van der Waals surface area contributed by atoms with Crippen molar-refractivity contribution in [2.75, 3.05) is 20.2 Å². The van der Waals surface area contributed by atoms with Gasteiger partial charge in [-0.2, -0.15) is 0 Å². The summed E-state index contributed by atoms with van der Waals surface area (Å²) in [5.41, 5.74) is 0.908. The molecule has 1 aromatic rings. The van der Waals surface area contributed by atoms with Crippen molar-refractivity contribution in [2.45, 2.75) is 19.4 Å². The van der Waals surface area contributed by atoms with Crippen LogP contribution in [-0.4, -0.2) is 31.1 Å². The molecule has 1 aliphatic heterocycles. The maximum absolute atomic E-state index is 13.5. The highest BCUT2D eigenvalue weighted by atomic mass is 79.9. The number of ether oxygens (including phenoxy) is 1. The standard InChI is InChI=1S/C14H17BrFNO2/c1-19-14(18)11-5-3-7-17(9-11)8-10-4-2-6-12(16)13(10)15/h2,4,6,11H,3,5,7-9H2,1H3. The van der Waals surface area contributed by atoms with Crippen molar-refractivity contribution in [3.05, 3.63) is 34.1 Å². The van der Waals surface area contributed by atoms with E-state index >= 15 is 0 Å². The van der Waals surface area contributed by atoms with Crippen molar-refractivity contribution < 1.29 is 13.9 Å². The van der Waals surface area contributed by atoms with Crippen LogP contribution in [0.2, 0.25) is 0 Å². The summed E-state index contributed by atoms with van der Waals surface area (Å²) in [4.78, 5) is 13.7. The molecule has 0 aromatic heterocycles. The molecule has 0 N–H and O–H groups in total. The first-order valence-electron chi connectivity index (χ1n) is 6.35. The highest BCUT2D eigenvalue weighted by Crippen LogP contribution is 2.24. The monoisotopic (exact) mass is 329 g/mol. The van der Waals surface area contributed by atoms with Crippen molar-refractivity contribution in [1.82, 2.24) is 4.90 Å². The van der Waals surface area contributed by atoms with Gasteiger partial charge in [0.25, 0.3) is 0 Å². The molecular formula is C14H17BrFNO2. The SMILES string of the molecule is COC(=O)C1CCCN(Cc2cccc(F)c2Br)C1. The molecule has 1 saturated heterocycles. The summed E-state index contributed by atoms with van der Waals surface area (Å²) in [5.74, 6) is -0.465. The lowest BCUT2D eigenvalue weighted by Crippen LogP contribution is -2.38. The van der Waals surface area contributed by atoms with Crippen LogP contribution in [0, 0.1) is 11.7 Å². The molecule has 0 spiro atoms. The Balaban J connectivity index is 2.03. The van der Waals surface area contributed by atoms with Gasteiger partial charge >= 0.3 is 5.97 Å². The minimum atomic E-state index is -0.251. The number of methoxy groups -OCH3 is 1. The third kappa shape index (κ3) is 3.54. The van der Waals surface area contributed by atoms with Crippen molar-refractivity contribution in [2.24, 2.45) is 5.92 Å². The van der Waals surface area contributed by atoms with Gasteiger partial charge in [-0.25, -0.2) is 4.39 Å². The number of carbonyl (C=O) groups excluding carboxylic acids is 1. The van der Waals surface area contributed by atoms with E-state index in [9.17, 15) is 9.18 Å². The van der Waals surface area contributed by atoms with Crippen molar-refractivity contribution in [3.8, 4) is 0 Å². The highest BCUT2D eigenvalue weighted by molar-refractivity contribution is 9.10. The number of benzene rings is 1. The van der Waals surface area contributed by atoms with Gasteiger partial charge in [0.15, 0.2) is 0 Å². The first-order chi connectivity index (χ1) is 9.11. The van der Waals surface area contributed by atoms with E-state index in [-0.39, 0.29) is 17.7 Å². The smallest absolute Gasteiger partial charge is 0.309 e. The van der Waals surface area contributed by atoms with E-state index in [1.807, 2.05) is 6.07 Å². The van der Waals surface area contributed by atoms with Gasteiger partial charge in [-0.05, 0) is 46.9 Å². The molecule has 1 fully saturated rings. The molecule has 0 bridgehead atoms. The Labute approximate surface area is 120 Å². The number of rotatable bonds is 3. The first-order valence-corrected chi connectivity index (χ1v) is 7.14. The summed E-state index contributed by atoms with van der Waals surface area (Å²) >= 11 is 3.27. The number of carbonyl (C=O) groups is 1. The molecule has 1 atom stereocenters. The van der Waals surface area contributed by atoms with Crippen LogP contribution in [0.3, 0.4) is 0 Å². The molecule has 5 heteroatoms. The fourth-order valence-corrected chi connectivity index (χ4v) is 2.86. The van der Waals surface area contributed by atoms with Crippen LogP contribution in [-0.2, 0) is 16.1 Å². The molecule has 19 heavy (non-hydrogen) atoms.